The predicted molar refractivity (Wildman–Crippen MR) is 71.0 cm³/mol. The van der Waals surface area contributed by atoms with E-state index in [-0.39, 0.29) is 5.91 Å². The van der Waals surface area contributed by atoms with Crippen molar-refractivity contribution in [2.45, 2.75) is 39.7 Å². The number of hydrogen-bond acceptors (Lipinski definition) is 3. The second-order valence-corrected chi connectivity index (χ2v) is 5.31. The van der Waals surface area contributed by atoms with Crippen molar-refractivity contribution in [3.05, 3.63) is 0 Å². The summed E-state index contributed by atoms with van der Waals surface area (Å²) in [6.07, 6.45) is 2.32. The lowest BCUT2D eigenvalue weighted by Gasteiger charge is -2.31. The van der Waals surface area contributed by atoms with Crippen LogP contribution < -0.4 is 10.6 Å². The molecule has 0 radical (unpaired) electrons. The fourth-order valence-electron chi connectivity index (χ4n) is 2.16. The molecule has 0 saturated carbocycles. The van der Waals surface area contributed by atoms with E-state index in [1.807, 2.05) is 0 Å². The van der Waals surface area contributed by atoms with Gasteiger partial charge in [0.15, 0.2) is 0 Å². The minimum absolute atomic E-state index is 0.167. The Labute approximate surface area is 105 Å². The Morgan fingerprint density at radius 3 is 2.53 bits per heavy atom. The van der Waals surface area contributed by atoms with Gasteiger partial charge in [-0.3, -0.25) is 9.69 Å². The maximum absolute atomic E-state index is 11.7. The summed E-state index contributed by atoms with van der Waals surface area (Å²) >= 11 is 0. The van der Waals surface area contributed by atoms with Crippen LogP contribution in [0.5, 0.6) is 0 Å². The van der Waals surface area contributed by atoms with Crippen LogP contribution in [-0.2, 0) is 4.79 Å². The lowest BCUT2D eigenvalue weighted by Crippen LogP contribution is -2.46. The first-order chi connectivity index (χ1) is 8.11. The van der Waals surface area contributed by atoms with Gasteiger partial charge in [0.1, 0.15) is 0 Å². The van der Waals surface area contributed by atoms with Gasteiger partial charge in [0.25, 0.3) is 0 Å². The fraction of sp³-hybridized carbons (Fsp3) is 0.923. The van der Waals surface area contributed by atoms with E-state index >= 15 is 0 Å². The van der Waals surface area contributed by atoms with E-state index in [1.165, 1.54) is 0 Å². The van der Waals surface area contributed by atoms with Crippen molar-refractivity contribution in [2.75, 3.05) is 32.7 Å². The average molecular weight is 241 g/mol. The molecule has 4 nitrogen and oxygen atoms in total. The molecule has 4 heteroatoms. The highest BCUT2D eigenvalue weighted by molar-refractivity contribution is 5.78. The average Bonchev–Trinajstić information content (AvgIpc) is 2.29. The van der Waals surface area contributed by atoms with Gasteiger partial charge in [-0.05, 0) is 25.3 Å². The quantitative estimate of drug-likeness (QED) is 0.724. The third kappa shape index (κ3) is 6.03. The van der Waals surface area contributed by atoms with Gasteiger partial charge in [-0.15, -0.1) is 0 Å². The number of carbonyl (C=O) groups is 1. The summed E-state index contributed by atoms with van der Waals surface area (Å²) in [5.74, 6) is 0.694. The first-order valence-electron chi connectivity index (χ1n) is 6.84. The third-order valence-electron chi connectivity index (χ3n) is 3.16. The SMILES string of the molecule is CCNC1CCN(CC(=O)NCC(C)C)CC1. The highest BCUT2D eigenvalue weighted by Gasteiger charge is 2.19. The Morgan fingerprint density at radius 1 is 1.35 bits per heavy atom. The van der Waals surface area contributed by atoms with Crippen molar-refractivity contribution in [2.24, 2.45) is 5.92 Å². The second-order valence-electron chi connectivity index (χ2n) is 5.31. The molecule has 1 saturated heterocycles. The largest absolute Gasteiger partial charge is 0.355 e. The molecule has 0 atom stereocenters. The number of nitrogens with one attached hydrogen (secondary N) is 2. The minimum atomic E-state index is 0.167. The predicted octanol–water partition coefficient (Wildman–Crippen LogP) is 0.833. The number of likely N-dealkylation sites (tertiary alicyclic amines) is 1. The second kappa shape index (κ2) is 7.67. The Morgan fingerprint density at radius 2 is 2.00 bits per heavy atom. The molecule has 1 rings (SSSR count). The molecular formula is C13H27N3O. The summed E-state index contributed by atoms with van der Waals surface area (Å²) in [4.78, 5) is 13.9. The van der Waals surface area contributed by atoms with E-state index in [4.69, 9.17) is 0 Å². The molecule has 100 valence electrons. The van der Waals surface area contributed by atoms with Crippen molar-refractivity contribution in [1.82, 2.24) is 15.5 Å². The number of piperidine rings is 1. The van der Waals surface area contributed by atoms with Crippen LogP contribution in [0.25, 0.3) is 0 Å². The van der Waals surface area contributed by atoms with Crippen LogP contribution in [0.2, 0.25) is 0 Å². The molecule has 1 aliphatic heterocycles. The fourth-order valence-corrected chi connectivity index (χ4v) is 2.16. The minimum Gasteiger partial charge on any atom is -0.355 e. The molecule has 1 aliphatic rings. The first kappa shape index (κ1) is 14.5. The Bertz CT molecular complexity index is 223. The third-order valence-corrected chi connectivity index (χ3v) is 3.16. The Kier molecular flexibility index (Phi) is 6.52. The zero-order valence-electron chi connectivity index (χ0n) is 11.5. The summed E-state index contributed by atoms with van der Waals surface area (Å²) in [7, 11) is 0. The molecule has 1 amide bonds. The summed E-state index contributed by atoms with van der Waals surface area (Å²) in [6.45, 7) is 10.8. The van der Waals surface area contributed by atoms with E-state index < -0.39 is 0 Å². The first-order valence-corrected chi connectivity index (χ1v) is 6.84. The summed E-state index contributed by atoms with van der Waals surface area (Å²) in [6, 6.07) is 0.648. The summed E-state index contributed by atoms with van der Waals surface area (Å²) in [5.41, 5.74) is 0. The van der Waals surface area contributed by atoms with E-state index in [0.29, 0.717) is 18.5 Å². The van der Waals surface area contributed by atoms with Crippen molar-refractivity contribution >= 4 is 5.91 Å². The van der Waals surface area contributed by atoms with Gasteiger partial charge in [0, 0.05) is 25.7 Å². The lowest BCUT2D eigenvalue weighted by molar-refractivity contribution is -0.122. The zero-order valence-corrected chi connectivity index (χ0v) is 11.5. The number of nitrogens with zero attached hydrogens (tertiary/aromatic N) is 1. The Hall–Kier alpha value is -0.610. The number of hydrogen-bond donors (Lipinski definition) is 2. The van der Waals surface area contributed by atoms with Crippen molar-refractivity contribution in [3.63, 3.8) is 0 Å². The van der Waals surface area contributed by atoms with Crippen LogP contribution in [0, 0.1) is 5.92 Å². The van der Waals surface area contributed by atoms with Crippen LogP contribution in [0.3, 0.4) is 0 Å². The van der Waals surface area contributed by atoms with Crippen molar-refractivity contribution in [3.8, 4) is 0 Å². The van der Waals surface area contributed by atoms with Crippen molar-refractivity contribution in [1.29, 1.82) is 0 Å². The van der Waals surface area contributed by atoms with Gasteiger partial charge < -0.3 is 10.6 Å². The lowest BCUT2D eigenvalue weighted by atomic mass is 10.1. The van der Waals surface area contributed by atoms with Crippen LogP contribution in [0.4, 0.5) is 0 Å². The molecule has 2 N–H and O–H groups in total. The topological polar surface area (TPSA) is 44.4 Å². The van der Waals surface area contributed by atoms with Crippen LogP contribution in [-0.4, -0.2) is 49.6 Å². The highest BCUT2D eigenvalue weighted by Crippen LogP contribution is 2.09. The maximum Gasteiger partial charge on any atom is 0.234 e. The summed E-state index contributed by atoms with van der Waals surface area (Å²) < 4.78 is 0. The number of rotatable bonds is 6. The van der Waals surface area contributed by atoms with Gasteiger partial charge in [-0.1, -0.05) is 20.8 Å². The molecule has 0 unspecified atom stereocenters. The molecule has 17 heavy (non-hydrogen) atoms. The molecular weight excluding hydrogens is 214 g/mol. The molecule has 0 spiro atoms. The normalized spacial score (nSPS) is 18.6. The molecule has 0 aromatic rings. The van der Waals surface area contributed by atoms with Crippen molar-refractivity contribution < 1.29 is 4.79 Å². The van der Waals surface area contributed by atoms with Gasteiger partial charge in [-0.2, -0.15) is 0 Å². The van der Waals surface area contributed by atoms with Crippen LogP contribution in [0.15, 0.2) is 0 Å². The van der Waals surface area contributed by atoms with Gasteiger partial charge in [0.05, 0.1) is 6.54 Å². The van der Waals surface area contributed by atoms with E-state index in [0.717, 1.165) is 39.0 Å². The monoisotopic (exact) mass is 241 g/mol. The number of amides is 1. The Balaban J connectivity index is 2.14. The molecule has 0 aliphatic carbocycles. The van der Waals surface area contributed by atoms with E-state index in [1.54, 1.807) is 0 Å². The molecule has 0 bridgehead atoms. The molecule has 1 heterocycles. The van der Waals surface area contributed by atoms with Gasteiger partial charge >= 0.3 is 0 Å². The maximum atomic E-state index is 11.7. The van der Waals surface area contributed by atoms with Crippen LogP contribution >= 0.6 is 0 Å². The zero-order chi connectivity index (χ0) is 12.7. The molecule has 0 aromatic heterocycles. The van der Waals surface area contributed by atoms with E-state index in [9.17, 15) is 4.79 Å². The van der Waals surface area contributed by atoms with Crippen LogP contribution in [0.1, 0.15) is 33.6 Å². The molecule has 1 fully saturated rings. The molecule has 0 aromatic carbocycles. The van der Waals surface area contributed by atoms with Gasteiger partial charge in [-0.25, -0.2) is 0 Å². The summed E-state index contributed by atoms with van der Waals surface area (Å²) in [5, 5.41) is 6.44. The standard InChI is InChI=1S/C13H27N3O/c1-4-14-12-5-7-16(8-6-12)10-13(17)15-9-11(2)3/h11-12,14H,4-10H2,1-3H3,(H,15,17). The van der Waals surface area contributed by atoms with E-state index in [2.05, 4.69) is 36.3 Å². The number of carbonyl (C=O) groups excluding carboxylic acids is 1. The smallest absolute Gasteiger partial charge is 0.234 e. The highest BCUT2D eigenvalue weighted by atomic mass is 16.2. The van der Waals surface area contributed by atoms with Gasteiger partial charge in [0.2, 0.25) is 5.91 Å².